The van der Waals surface area contributed by atoms with E-state index in [9.17, 15) is 9.59 Å². The smallest absolute Gasteiger partial charge is 0.271 e. The summed E-state index contributed by atoms with van der Waals surface area (Å²) < 4.78 is 1.41. The highest BCUT2D eigenvalue weighted by Gasteiger charge is 1.99. The number of aromatic nitrogens is 3. The number of hydrogen-bond acceptors (Lipinski definition) is 2. The number of aryl methyl sites for hydroxylation is 1. The summed E-state index contributed by atoms with van der Waals surface area (Å²) in [7, 11) is 0. The Morgan fingerprint density at radius 1 is 1.42 bits per heavy atom. The van der Waals surface area contributed by atoms with Gasteiger partial charge in [-0.3, -0.25) is 14.3 Å². The molecule has 2 heterocycles. The van der Waals surface area contributed by atoms with Gasteiger partial charge in [0, 0.05) is 6.20 Å². The van der Waals surface area contributed by atoms with Crippen LogP contribution in [-0.2, 0) is 0 Å². The predicted molar refractivity (Wildman–Crippen MR) is 43.4 cm³/mol. The number of nitrogens with zero attached hydrogens (tertiary/aromatic N) is 1. The summed E-state index contributed by atoms with van der Waals surface area (Å²) >= 11 is 0. The molecule has 0 aliphatic carbocycles. The Morgan fingerprint density at radius 3 is 2.92 bits per heavy atom. The van der Waals surface area contributed by atoms with Crippen molar-refractivity contribution in [1.82, 2.24) is 14.6 Å². The maximum atomic E-state index is 11.1. The fraction of sp³-hybridized carbons (Fsp3) is 0.143. The van der Waals surface area contributed by atoms with E-state index >= 15 is 0 Å². The fourth-order valence-corrected chi connectivity index (χ4v) is 1.17. The van der Waals surface area contributed by atoms with Crippen LogP contribution in [0.1, 0.15) is 5.56 Å². The number of aromatic amines is 2. The van der Waals surface area contributed by atoms with Gasteiger partial charge in [-0.15, -0.1) is 0 Å². The van der Waals surface area contributed by atoms with E-state index in [1.54, 1.807) is 12.3 Å². The Balaban J connectivity index is 3.08. The van der Waals surface area contributed by atoms with Crippen LogP contribution in [0, 0.1) is 6.92 Å². The van der Waals surface area contributed by atoms with Crippen molar-refractivity contribution in [2.45, 2.75) is 6.92 Å². The standard InChI is InChI=1S/C7H7N3O2/c1-4-2-5-6(11)8-7(12)9-10(5)3-4/h2-3H,1H3,(H2,8,9,11,12). The molecule has 0 unspecified atom stereocenters. The van der Waals surface area contributed by atoms with Crippen molar-refractivity contribution in [3.8, 4) is 0 Å². The van der Waals surface area contributed by atoms with Crippen molar-refractivity contribution in [2.75, 3.05) is 0 Å². The van der Waals surface area contributed by atoms with E-state index < -0.39 is 5.69 Å². The van der Waals surface area contributed by atoms with E-state index in [1.807, 2.05) is 6.92 Å². The molecule has 0 saturated heterocycles. The summed E-state index contributed by atoms with van der Waals surface area (Å²) in [6.07, 6.45) is 1.69. The molecule has 2 N–H and O–H groups in total. The van der Waals surface area contributed by atoms with Crippen molar-refractivity contribution in [1.29, 1.82) is 0 Å². The minimum atomic E-state index is -0.497. The highest BCUT2D eigenvalue weighted by Crippen LogP contribution is 1.99. The first-order valence-corrected chi connectivity index (χ1v) is 3.48. The molecule has 0 radical (unpaired) electrons. The van der Waals surface area contributed by atoms with Crippen LogP contribution in [0.2, 0.25) is 0 Å². The third-order valence-corrected chi connectivity index (χ3v) is 1.64. The lowest BCUT2D eigenvalue weighted by molar-refractivity contribution is 0.844. The lowest BCUT2D eigenvalue weighted by Crippen LogP contribution is -2.24. The Kier molecular flexibility index (Phi) is 1.21. The average Bonchev–Trinajstić information content (AvgIpc) is 2.29. The minimum Gasteiger partial charge on any atom is -0.271 e. The van der Waals surface area contributed by atoms with E-state index in [0.29, 0.717) is 5.52 Å². The molecule has 2 aromatic rings. The summed E-state index contributed by atoms with van der Waals surface area (Å²) in [5.74, 6) is 0. The molecule has 0 aliphatic heterocycles. The maximum Gasteiger partial charge on any atom is 0.340 e. The van der Waals surface area contributed by atoms with Crippen molar-refractivity contribution < 1.29 is 0 Å². The van der Waals surface area contributed by atoms with Crippen molar-refractivity contribution in [2.24, 2.45) is 0 Å². The normalized spacial score (nSPS) is 10.8. The third kappa shape index (κ3) is 0.868. The van der Waals surface area contributed by atoms with Gasteiger partial charge in [0.05, 0.1) is 0 Å². The molecule has 0 saturated carbocycles. The van der Waals surface area contributed by atoms with E-state index in [-0.39, 0.29) is 5.56 Å². The van der Waals surface area contributed by atoms with Crippen LogP contribution in [0.4, 0.5) is 0 Å². The van der Waals surface area contributed by atoms with Gasteiger partial charge >= 0.3 is 5.69 Å². The van der Waals surface area contributed by atoms with E-state index in [1.165, 1.54) is 4.52 Å². The van der Waals surface area contributed by atoms with Gasteiger partial charge in [-0.1, -0.05) is 0 Å². The molecule has 2 aromatic heterocycles. The quantitative estimate of drug-likeness (QED) is 0.558. The molecule has 0 amide bonds. The van der Waals surface area contributed by atoms with Crippen LogP contribution >= 0.6 is 0 Å². The molecule has 0 aliphatic rings. The highest BCUT2D eigenvalue weighted by molar-refractivity contribution is 5.46. The van der Waals surface area contributed by atoms with Gasteiger partial charge in [0.1, 0.15) is 5.52 Å². The molecule has 12 heavy (non-hydrogen) atoms. The average molecular weight is 165 g/mol. The second-order valence-corrected chi connectivity index (χ2v) is 2.67. The first kappa shape index (κ1) is 6.90. The molecule has 62 valence electrons. The van der Waals surface area contributed by atoms with Crippen LogP contribution in [0.15, 0.2) is 21.9 Å². The fourth-order valence-electron chi connectivity index (χ4n) is 1.17. The Bertz CT molecular complexity index is 531. The Hall–Kier alpha value is -1.78. The molecule has 0 atom stereocenters. The van der Waals surface area contributed by atoms with Crippen LogP contribution < -0.4 is 11.2 Å². The summed E-state index contributed by atoms with van der Waals surface area (Å²) in [6, 6.07) is 1.70. The van der Waals surface area contributed by atoms with Gasteiger partial charge in [-0.25, -0.2) is 9.89 Å². The zero-order valence-corrected chi connectivity index (χ0v) is 6.42. The number of fused-ring (bicyclic) bond motifs is 1. The Morgan fingerprint density at radius 2 is 2.17 bits per heavy atom. The van der Waals surface area contributed by atoms with Gasteiger partial charge < -0.3 is 0 Å². The van der Waals surface area contributed by atoms with E-state index in [0.717, 1.165) is 5.56 Å². The van der Waals surface area contributed by atoms with Crippen LogP contribution in [0.25, 0.3) is 5.52 Å². The van der Waals surface area contributed by atoms with E-state index in [2.05, 4.69) is 10.1 Å². The maximum absolute atomic E-state index is 11.1. The molecule has 0 bridgehead atoms. The van der Waals surface area contributed by atoms with Gasteiger partial charge in [0.2, 0.25) is 0 Å². The van der Waals surface area contributed by atoms with Crippen LogP contribution in [-0.4, -0.2) is 14.6 Å². The minimum absolute atomic E-state index is 0.369. The van der Waals surface area contributed by atoms with Crippen LogP contribution in [0.3, 0.4) is 0 Å². The van der Waals surface area contributed by atoms with Gasteiger partial charge in [-0.05, 0) is 18.6 Å². The molecule has 5 nitrogen and oxygen atoms in total. The second-order valence-electron chi connectivity index (χ2n) is 2.67. The summed E-state index contributed by atoms with van der Waals surface area (Å²) in [5.41, 5.74) is 0.518. The SMILES string of the molecule is Cc1cc2c(=O)[nH]c(=O)[nH]n2c1. The predicted octanol–water partition coefficient (Wildman–Crippen LogP) is -0.376. The van der Waals surface area contributed by atoms with Gasteiger partial charge in [0.25, 0.3) is 5.56 Å². The molecule has 0 aromatic carbocycles. The van der Waals surface area contributed by atoms with Crippen molar-refractivity contribution in [3.63, 3.8) is 0 Å². The number of hydrogen-bond donors (Lipinski definition) is 2. The monoisotopic (exact) mass is 165 g/mol. The zero-order valence-electron chi connectivity index (χ0n) is 6.42. The first-order chi connectivity index (χ1) is 5.66. The highest BCUT2D eigenvalue weighted by atomic mass is 16.2. The summed E-state index contributed by atoms with van der Waals surface area (Å²) in [4.78, 5) is 24.0. The number of H-pyrrole nitrogens is 2. The topological polar surface area (TPSA) is 70.1 Å². The van der Waals surface area contributed by atoms with Gasteiger partial charge in [0.15, 0.2) is 0 Å². The van der Waals surface area contributed by atoms with Crippen molar-refractivity contribution >= 4 is 5.52 Å². The first-order valence-electron chi connectivity index (χ1n) is 3.48. The summed E-state index contributed by atoms with van der Waals surface area (Å²) in [5, 5.41) is 2.46. The molecular formula is C7H7N3O2. The molecule has 5 heteroatoms. The van der Waals surface area contributed by atoms with E-state index in [4.69, 9.17) is 0 Å². The molecule has 0 fully saturated rings. The molecular weight excluding hydrogens is 158 g/mol. The Labute approximate surface area is 66.6 Å². The lowest BCUT2D eigenvalue weighted by Gasteiger charge is -1.89. The second kappa shape index (κ2) is 2.10. The third-order valence-electron chi connectivity index (χ3n) is 1.64. The van der Waals surface area contributed by atoms with Gasteiger partial charge in [-0.2, -0.15) is 0 Å². The number of rotatable bonds is 0. The van der Waals surface area contributed by atoms with Crippen LogP contribution in [0.5, 0.6) is 0 Å². The largest absolute Gasteiger partial charge is 0.340 e. The molecule has 0 spiro atoms. The summed E-state index contributed by atoms with van der Waals surface area (Å²) in [6.45, 7) is 1.85. The zero-order chi connectivity index (χ0) is 8.72. The molecule has 2 rings (SSSR count). The lowest BCUT2D eigenvalue weighted by atomic mass is 10.4. The number of nitrogens with one attached hydrogen (secondary N) is 2. The van der Waals surface area contributed by atoms with Crippen molar-refractivity contribution in [3.05, 3.63) is 38.7 Å².